The van der Waals surface area contributed by atoms with Crippen LogP contribution in [0.4, 0.5) is 4.39 Å². The number of hydrogen-bond acceptors (Lipinski definition) is 1. The van der Waals surface area contributed by atoms with E-state index in [1.165, 1.54) is 38.2 Å². The van der Waals surface area contributed by atoms with Crippen LogP contribution in [-0.4, -0.2) is 6.04 Å². The normalized spacial score (nSPS) is 25.2. The van der Waals surface area contributed by atoms with Crippen molar-refractivity contribution in [2.45, 2.75) is 64.5 Å². The van der Waals surface area contributed by atoms with Gasteiger partial charge in [0.05, 0.1) is 0 Å². The Balaban J connectivity index is 1.93. The molecule has 1 fully saturated rings. The average molecular weight is 263 g/mol. The molecule has 0 bridgehead atoms. The van der Waals surface area contributed by atoms with Crippen molar-refractivity contribution < 1.29 is 4.39 Å². The Morgan fingerprint density at radius 1 is 1.21 bits per heavy atom. The zero-order valence-electron chi connectivity index (χ0n) is 12.2. The topological polar surface area (TPSA) is 12.0 Å². The Kier molecular flexibility index (Phi) is 5.38. The molecule has 0 radical (unpaired) electrons. The maximum atomic E-state index is 13.3. The molecule has 1 saturated carbocycles. The Bertz CT molecular complexity index is 383. The van der Waals surface area contributed by atoms with E-state index in [0.29, 0.717) is 12.1 Å². The molecule has 0 amide bonds. The van der Waals surface area contributed by atoms with Gasteiger partial charge in [0, 0.05) is 12.1 Å². The van der Waals surface area contributed by atoms with Gasteiger partial charge < -0.3 is 5.32 Å². The molecule has 19 heavy (non-hydrogen) atoms. The van der Waals surface area contributed by atoms with Gasteiger partial charge in [-0.2, -0.15) is 0 Å². The highest BCUT2D eigenvalue weighted by atomic mass is 19.1. The summed E-state index contributed by atoms with van der Waals surface area (Å²) in [5.74, 6) is 0.791. The van der Waals surface area contributed by atoms with Crippen molar-refractivity contribution in [3.63, 3.8) is 0 Å². The lowest BCUT2D eigenvalue weighted by Gasteiger charge is -2.31. The first-order valence-corrected chi connectivity index (χ1v) is 7.74. The first-order valence-electron chi connectivity index (χ1n) is 7.74. The van der Waals surface area contributed by atoms with Gasteiger partial charge in [0.25, 0.3) is 0 Å². The summed E-state index contributed by atoms with van der Waals surface area (Å²) in [7, 11) is 0. The molecule has 2 rings (SSSR count). The summed E-state index contributed by atoms with van der Waals surface area (Å²) in [6.07, 6.45) is 7.54. The van der Waals surface area contributed by atoms with Crippen molar-refractivity contribution in [2.75, 3.05) is 0 Å². The fourth-order valence-electron chi connectivity index (χ4n) is 3.19. The summed E-state index contributed by atoms with van der Waals surface area (Å²) in [4.78, 5) is 0. The maximum Gasteiger partial charge on any atom is 0.123 e. The van der Waals surface area contributed by atoms with E-state index in [9.17, 15) is 4.39 Å². The highest BCUT2D eigenvalue weighted by Crippen LogP contribution is 2.28. The van der Waals surface area contributed by atoms with Crippen LogP contribution < -0.4 is 5.32 Å². The lowest BCUT2D eigenvalue weighted by atomic mass is 9.84. The summed E-state index contributed by atoms with van der Waals surface area (Å²) < 4.78 is 13.3. The van der Waals surface area contributed by atoms with Crippen LogP contribution in [0, 0.1) is 11.7 Å². The van der Waals surface area contributed by atoms with Crippen molar-refractivity contribution in [3.05, 3.63) is 35.6 Å². The van der Waals surface area contributed by atoms with Crippen LogP contribution >= 0.6 is 0 Å². The van der Waals surface area contributed by atoms with E-state index in [1.807, 2.05) is 12.1 Å². The monoisotopic (exact) mass is 263 g/mol. The number of hydrogen-bond donors (Lipinski definition) is 1. The molecular formula is C17H26FN. The first-order chi connectivity index (χ1) is 9.22. The molecule has 1 nitrogen and oxygen atoms in total. The predicted molar refractivity (Wildman–Crippen MR) is 78.6 cm³/mol. The smallest absolute Gasteiger partial charge is 0.123 e. The van der Waals surface area contributed by atoms with Crippen LogP contribution in [0.25, 0.3) is 0 Å². The third-order valence-corrected chi connectivity index (χ3v) is 4.52. The largest absolute Gasteiger partial charge is 0.307 e. The SMILES string of the molecule is CCC1CCC(NC(CC)c2cccc(F)c2)CC1. The molecule has 0 spiro atoms. The van der Waals surface area contributed by atoms with Gasteiger partial charge in [-0.05, 0) is 55.7 Å². The number of halogens is 1. The summed E-state index contributed by atoms with van der Waals surface area (Å²) in [6, 6.07) is 7.92. The average Bonchev–Trinajstić information content (AvgIpc) is 2.45. The Morgan fingerprint density at radius 3 is 2.53 bits per heavy atom. The molecule has 106 valence electrons. The summed E-state index contributed by atoms with van der Waals surface area (Å²) in [5, 5.41) is 3.73. The second-order valence-electron chi connectivity index (χ2n) is 5.81. The van der Waals surface area contributed by atoms with E-state index in [-0.39, 0.29) is 5.82 Å². The molecule has 2 heteroatoms. The highest BCUT2D eigenvalue weighted by Gasteiger charge is 2.22. The van der Waals surface area contributed by atoms with Crippen LogP contribution in [0.2, 0.25) is 0 Å². The number of benzene rings is 1. The maximum absolute atomic E-state index is 13.3. The van der Waals surface area contributed by atoms with Crippen LogP contribution in [0.5, 0.6) is 0 Å². The zero-order valence-corrected chi connectivity index (χ0v) is 12.2. The molecule has 1 aromatic carbocycles. The molecule has 1 aliphatic carbocycles. The Hall–Kier alpha value is -0.890. The van der Waals surface area contributed by atoms with Crippen LogP contribution in [0.3, 0.4) is 0 Å². The zero-order chi connectivity index (χ0) is 13.7. The lowest BCUT2D eigenvalue weighted by Crippen LogP contribution is -2.35. The summed E-state index contributed by atoms with van der Waals surface area (Å²) >= 11 is 0. The molecule has 0 saturated heterocycles. The van der Waals surface area contributed by atoms with Crippen molar-refractivity contribution in [2.24, 2.45) is 5.92 Å². The molecular weight excluding hydrogens is 237 g/mol. The van der Waals surface area contributed by atoms with Gasteiger partial charge in [0.15, 0.2) is 0 Å². The van der Waals surface area contributed by atoms with Crippen molar-refractivity contribution in [3.8, 4) is 0 Å². The van der Waals surface area contributed by atoms with Gasteiger partial charge in [0.1, 0.15) is 5.82 Å². The summed E-state index contributed by atoms with van der Waals surface area (Å²) in [6.45, 7) is 4.46. The van der Waals surface area contributed by atoms with E-state index < -0.39 is 0 Å². The standard InChI is InChI=1S/C17H26FN/c1-3-13-8-10-16(11-9-13)19-17(4-2)14-6-5-7-15(18)12-14/h5-7,12-13,16-17,19H,3-4,8-11H2,1-2H3. The predicted octanol–water partition coefficient (Wildman–Crippen LogP) is 4.84. The highest BCUT2D eigenvalue weighted by molar-refractivity contribution is 5.20. The fraction of sp³-hybridized carbons (Fsp3) is 0.647. The van der Waals surface area contributed by atoms with Gasteiger partial charge in [-0.3, -0.25) is 0 Å². The molecule has 1 unspecified atom stereocenters. The molecule has 1 atom stereocenters. The third-order valence-electron chi connectivity index (χ3n) is 4.52. The van der Waals surface area contributed by atoms with Gasteiger partial charge in [-0.15, -0.1) is 0 Å². The second kappa shape index (κ2) is 7.04. The van der Waals surface area contributed by atoms with Gasteiger partial charge in [0.2, 0.25) is 0 Å². The van der Waals surface area contributed by atoms with Crippen LogP contribution in [0.1, 0.15) is 64.0 Å². The van der Waals surface area contributed by atoms with Gasteiger partial charge >= 0.3 is 0 Å². The van der Waals surface area contributed by atoms with Gasteiger partial charge in [-0.1, -0.05) is 32.4 Å². The lowest BCUT2D eigenvalue weighted by molar-refractivity contribution is 0.267. The quantitative estimate of drug-likeness (QED) is 0.802. The van der Waals surface area contributed by atoms with Crippen molar-refractivity contribution >= 4 is 0 Å². The van der Waals surface area contributed by atoms with Crippen molar-refractivity contribution in [1.29, 1.82) is 0 Å². The molecule has 1 aliphatic rings. The van der Waals surface area contributed by atoms with E-state index in [0.717, 1.165) is 17.9 Å². The fourth-order valence-corrected chi connectivity index (χ4v) is 3.19. The van der Waals surface area contributed by atoms with E-state index in [4.69, 9.17) is 0 Å². The van der Waals surface area contributed by atoms with E-state index in [2.05, 4.69) is 19.2 Å². The van der Waals surface area contributed by atoms with Crippen LogP contribution in [-0.2, 0) is 0 Å². The summed E-state index contributed by atoms with van der Waals surface area (Å²) in [5.41, 5.74) is 1.08. The molecule has 0 aromatic heterocycles. The minimum absolute atomic E-state index is 0.132. The van der Waals surface area contributed by atoms with E-state index in [1.54, 1.807) is 6.07 Å². The Labute approximate surface area is 116 Å². The van der Waals surface area contributed by atoms with Gasteiger partial charge in [-0.25, -0.2) is 4.39 Å². The minimum atomic E-state index is -0.132. The number of nitrogens with one attached hydrogen (secondary N) is 1. The molecule has 1 aromatic rings. The Morgan fingerprint density at radius 2 is 1.95 bits per heavy atom. The third kappa shape index (κ3) is 4.04. The van der Waals surface area contributed by atoms with E-state index >= 15 is 0 Å². The molecule has 1 N–H and O–H groups in total. The molecule has 0 aliphatic heterocycles. The number of rotatable bonds is 5. The first kappa shape index (κ1) is 14.5. The van der Waals surface area contributed by atoms with Crippen LogP contribution in [0.15, 0.2) is 24.3 Å². The second-order valence-corrected chi connectivity index (χ2v) is 5.81. The minimum Gasteiger partial charge on any atom is -0.307 e. The van der Waals surface area contributed by atoms with Crippen molar-refractivity contribution in [1.82, 2.24) is 5.32 Å². The molecule has 0 heterocycles.